The van der Waals surface area contributed by atoms with Crippen LogP contribution in [0.5, 0.6) is 0 Å². The second-order valence-corrected chi connectivity index (χ2v) is 6.87. The maximum atomic E-state index is 8.92. The van der Waals surface area contributed by atoms with E-state index in [2.05, 4.69) is 21.3 Å². The fourth-order valence-electron chi connectivity index (χ4n) is 2.98. The van der Waals surface area contributed by atoms with E-state index in [1.54, 1.807) is 12.1 Å². The molecule has 6 heteroatoms. The third-order valence-corrected chi connectivity index (χ3v) is 4.57. The Kier molecular flexibility index (Phi) is 5.57. The summed E-state index contributed by atoms with van der Waals surface area (Å²) in [4.78, 5) is 6.68. The number of hydrogen-bond donors (Lipinski definition) is 1. The lowest BCUT2D eigenvalue weighted by atomic mass is 10.0. The lowest BCUT2D eigenvalue weighted by Crippen LogP contribution is -2.38. The van der Waals surface area contributed by atoms with Gasteiger partial charge in [-0.25, -0.2) is 4.98 Å². The molecule has 1 aliphatic rings. The predicted molar refractivity (Wildman–Crippen MR) is 97.3 cm³/mol. The average molecular weight is 361 g/mol. The summed E-state index contributed by atoms with van der Waals surface area (Å²) in [6.07, 6.45) is 2.07. The molecule has 124 valence electrons. The molecule has 0 saturated carbocycles. The van der Waals surface area contributed by atoms with Crippen LogP contribution < -0.4 is 5.32 Å². The third-order valence-electron chi connectivity index (χ3n) is 4.13. The summed E-state index contributed by atoms with van der Waals surface area (Å²) in [5.41, 5.74) is 1.58. The van der Waals surface area contributed by atoms with Crippen LogP contribution in [-0.2, 0) is 6.54 Å². The van der Waals surface area contributed by atoms with Gasteiger partial charge < -0.3 is 5.32 Å². The van der Waals surface area contributed by atoms with Gasteiger partial charge in [-0.2, -0.15) is 5.26 Å². The first-order valence-corrected chi connectivity index (χ1v) is 8.69. The van der Waals surface area contributed by atoms with E-state index >= 15 is 0 Å². The Labute approximate surface area is 152 Å². The minimum atomic E-state index is 0.380. The maximum Gasteiger partial charge on any atom is 0.142 e. The first kappa shape index (κ1) is 17.0. The van der Waals surface area contributed by atoms with Crippen molar-refractivity contribution in [2.75, 3.05) is 18.4 Å². The van der Waals surface area contributed by atoms with Gasteiger partial charge in [-0.1, -0.05) is 29.3 Å². The summed E-state index contributed by atoms with van der Waals surface area (Å²) in [5, 5.41) is 13.7. The van der Waals surface area contributed by atoms with E-state index in [4.69, 9.17) is 28.5 Å². The summed E-state index contributed by atoms with van der Waals surface area (Å²) < 4.78 is 0. The molecular weight excluding hydrogens is 343 g/mol. The van der Waals surface area contributed by atoms with Gasteiger partial charge in [-0.3, -0.25) is 4.90 Å². The number of halogens is 2. The highest BCUT2D eigenvalue weighted by atomic mass is 35.5. The van der Waals surface area contributed by atoms with Crippen molar-refractivity contribution in [1.82, 2.24) is 9.88 Å². The van der Waals surface area contributed by atoms with Gasteiger partial charge in [0.05, 0.1) is 0 Å². The molecule has 0 aliphatic carbocycles. The molecule has 0 atom stereocenters. The SMILES string of the molecule is N#Cc1cccc(NC2CCN(Cc3cc(Cl)cc(Cl)c3)CC2)n1. The lowest BCUT2D eigenvalue weighted by Gasteiger charge is -2.32. The number of likely N-dealkylation sites (tertiary alicyclic amines) is 1. The highest BCUT2D eigenvalue weighted by Gasteiger charge is 2.19. The topological polar surface area (TPSA) is 52.0 Å². The molecule has 4 nitrogen and oxygen atoms in total. The second-order valence-electron chi connectivity index (χ2n) is 5.99. The minimum Gasteiger partial charge on any atom is -0.367 e. The number of nitriles is 1. The molecule has 2 heterocycles. The Morgan fingerprint density at radius 3 is 2.54 bits per heavy atom. The van der Waals surface area contributed by atoms with Crippen LogP contribution in [0.25, 0.3) is 0 Å². The summed E-state index contributed by atoms with van der Waals surface area (Å²) in [6, 6.07) is 13.6. The molecule has 3 rings (SSSR count). The Morgan fingerprint density at radius 2 is 1.88 bits per heavy atom. The molecule has 0 radical (unpaired) electrons. The molecule has 0 unspecified atom stereocenters. The molecule has 2 aromatic rings. The Hall–Kier alpha value is -1.80. The van der Waals surface area contributed by atoms with E-state index in [0.717, 1.165) is 43.9 Å². The molecule has 1 aliphatic heterocycles. The Balaban J connectivity index is 1.53. The van der Waals surface area contributed by atoms with E-state index in [1.165, 1.54) is 0 Å². The molecule has 1 aromatic heterocycles. The van der Waals surface area contributed by atoms with Crippen LogP contribution in [0.4, 0.5) is 5.82 Å². The van der Waals surface area contributed by atoms with E-state index in [9.17, 15) is 0 Å². The largest absolute Gasteiger partial charge is 0.367 e. The van der Waals surface area contributed by atoms with Crippen LogP contribution >= 0.6 is 23.2 Å². The third kappa shape index (κ3) is 4.61. The van der Waals surface area contributed by atoms with E-state index < -0.39 is 0 Å². The molecule has 0 bridgehead atoms. The predicted octanol–water partition coefficient (Wildman–Crippen LogP) is 4.34. The van der Waals surface area contributed by atoms with Gasteiger partial charge in [0, 0.05) is 35.7 Å². The van der Waals surface area contributed by atoms with Crippen LogP contribution in [-0.4, -0.2) is 29.0 Å². The number of benzene rings is 1. The number of aromatic nitrogens is 1. The Morgan fingerprint density at radius 1 is 1.17 bits per heavy atom. The number of pyridine rings is 1. The number of piperidine rings is 1. The average Bonchev–Trinajstić information content (AvgIpc) is 2.56. The van der Waals surface area contributed by atoms with E-state index in [1.807, 2.05) is 24.3 Å². The summed E-state index contributed by atoms with van der Waals surface area (Å²) in [5.74, 6) is 0.772. The number of nitrogens with one attached hydrogen (secondary N) is 1. The molecule has 1 N–H and O–H groups in total. The smallest absolute Gasteiger partial charge is 0.142 e. The quantitative estimate of drug-likeness (QED) is 0.880. The van der Waals surface area contributed by atoms with Crippen molar-refractivity contribution in [1.29, 1.82) is 5.26 Å². The van der Waals surface area contributed by atoms with Crippen LogP contribution in [0.1, 0.15) is 24.1 Å². The van der Waals surface area contributed by atoms with Gasteiger partial charge in [0.1, 0.15) is 17.6 Å². The van der Waals surface area contributed by atoms with Crippen LogP contribution in [0.3, 0.4) is 0 Å². The van der Waals surface area contributed by atoms with Crippen molar-refractivity contribution in [3.8, 4) is 6.07 Å². The lowest BCUT2D eigenvalue weighted by molar-refractivity contribution is 0.211. The first-order valence-electron chi connectivity index (χ1n) is 7.93. The number of nitrogens with zero attached hydrogens (tertiary/aromatic N) is 3. The van der Waals surface area contributed by atoms with Gasteiger partial charge in [0.2, 0.25) is 0 Å². The summed E-state index contributed by atoms with van der Waals surface area (Å²) >= 11 is 12.1. The second kappa shape index (κ2) is 7.85. The van der Waals surface area contributed by atoms with Gasteiger partial charge in [-0.05, 0) is 48.7 Å². The van der Waals surface area contributed by atoms with Crippen LogP contribution in [0.15, 0.2) is 36.4 Å². The molecule has 24 heavy (non-hydrogen) atoms. The fourth-order valence-corrected chi connectivity index (χ4v) is 3.55. The molecule has 0 amide bonds. The fraction of sp³-hybridized carbons (Fsp3) is 0.333. The van der Waals surface area contributed by atoms with E-state index in [0.29, 0.717) is 21.8 Å². The number of hydrogen-bond acceptors (Lipinski definition) is 4. The molecule has 1 fully saturated rings. The molecule has 1 saturated heterocycles. The van der Waals surface area contributed by atoms with Gasteiger partial charge in [-0.15, -0.1) is 0 Å². The van der Waals surface area contributed by atoms with Gasteiger partial charge in [0.15, 0.2) is 0 Å². The number of anilines is 1. The number of rotatable bonds is 4. The van der Waals surface area contributed by atoms with Gasteiger partial charge in [0.25, 0.3) is 0 Å². The minimum absolute atomic E-state index is 0.380. The van der Waals surface area contributed by atoms with Crippen molar-refractivity contribution in [3.63, 3.8) is 0 Å². The molecule has 1 aromatic carbocycles. The van der Waals surface area contributed by atoms with Crippen molar-refractivity contribution >= 4 is 29.0 Å². The zero-order chi connectivity index (χ0) is 16.9. The maximum absolute atomic E-state index is 8.92. The van der Waals surface area contributed by atoms with Crippen LogP contribution in [0, 0.1) is 11.3 Å². The standard InChI is InChI=1S/C18H18Cl2N4/c19-14-8-13(9-15(20)10-14)12-24-6-4-16(5-7-24)22-18-3-1-2-17(11-21)23-18/h1-3,8-10,16H,4-7,12H2,(H,22,23). The molecule has 0 spiro atoms. The summed E-state index contributed by atoms with van der Waals surface area (Å²) in [7, 11) is 0. The van der Waals surface area contributed by atoms with Crippen molar-refractivity contribution in [2.24, 2.45) is 0 Å². The van der Waals surface area contributed by atoms with Crippen molar-refractivity contribution in [2.45, 2.75) is 25.4 Å². The zero-order valence-corrected chi connectivity index (χ0v) is 14.7. The van der Waals surface area contributed by atoms with E-state index in [-0.39, 0.29) is 0 Å². The Bertz CT molecular complexity index is 729. The zero-order valence-electron chi connectivity index (χ0n) is 13.2. The highest BCUT2D eigenvalue weighted by Crippen LogP contribution is 2.22. The van der Waals surface area contributed by atoms with Crippen LogP contribution in [0.2, 0.25) is 10.0 Å². The normalized spacial score (nSPS) is 15.9. The first-order chi connectivity index (χ1) is 11.6. The molecular formula is C18H18Cl2N4. The van der Waals surface area contributed by atoms with Gasteiger partial charge >= 0.3 is 0 Å². The monoisotopic (exact) mass is 360 g/mol. The highest BCUT2D eigenvalue weighted by molar-refractivity contribution is 6.34. The van der Waals surface area contributed by atoms with Crippen molar-refractivity contribution < 1.29 is 0 Å². The van der Waals surface area contributed by atoms with Crippen molar-refractivity contribution in [3.05, 3.63) is 57.7 Å². The summed E-state index contributed by atoms with van der Waals surface area (Å²) in [6.45, 7) is 2.86.